The fourth-order valence-corrected chi connectivity index (χ4v) is 3.44. The Morgan fingerprint density at radius 3 is 2.59 bits per heavy atom. The van der Waals surface area contributed by atoms with Crippen LogP contribution >= 0.6 is 0 Å². The van der Waals surface area contributed by atoms with Gasteiger partial charge in [0, 0.05) is 17.6 Å². The van der Waals surface area contributed by atoms with Crippen molar-refractivity contribution in [3.05, 3.63) is 83.6 Å². The average molecular weight is 362 g/mol. The molecular formula is C21H12F2N2O2. The van der Waals surface area contributed by atoms with Gasteiger partial charge in [0.05, 0.1) is 11.2 Å². The molecule has 0 bridgehead atoms. The van der Waals surface area contributed by atoms with Gasteiger partial charge in [-0.25, -0.2) is 13.8 Å². The van der Waals surface area contributed by atoms with Gasteiger partial charge in [-0.3, -0.25) is 9.36 Å². The van der Waals surface area contributed by atoms with Crippen LogP contribution in [0.2, 0.25) is 0 Å². The van der Waals surface area contributed by atoms with Crippen LogP contribution in [0.25, 0.3) is 22.3 Å². The van der Waals surface area contributed by atoms with E-state index in [0.717, 1.165) is 6.07 Å². The smallest absolute Gasteiger partial charge is 0.268 e. The van der Waals surface area contributed by atoms with E-state index in [0.29, 0.717) is 39.2 Å². The Balaban J connectivity index is 1.66. The first-order valence-corrected chi connectivity index (χ1v) is 8.35. The van der Waals surface area contributed by atoms with E-state index in [-0.39, 0.29) is 12.5 Å². The molecule has 0 spiro atoms. The highest BCUT2D eigenvalue weighted by atomic mass is 19.1. The van der Waals surface area contributed by atoms with Crippen molar-refractivity contribution in [1.82, 2.24) is 9.55 Å². The van der Waals surface area contributed by atoms with E-state index in [9.17, 15) is 13.6 Å². The van der Waals surface area contributed by atoms with E-state index >= 15 is 0 Å². The summed E-state index contributed by atoms with van der Waals surface area (Å²) in [5, 5.41) is 0.673. The number of rotatable bonds is 3. The zero-order valence-corrected chi connectivity index (χ0v) is 13.9. The normalized spacial score (nSPS) is 12.3. The molecular weight excluding hydrogens is 350 g/mol. The number of hydrogen-bond acceptors (Lipinski definition) is 3. The van der Waals surface area contributed by atoms with Crippen molar-refractivity contribution < 1.29 is 18.3 Å². The van der Waals surface area contributed by atoms with Crippen LogP contribution in [0.5, 0.6) is 5.75 Å². The zero-order chi connectivity index (χ0) is 18.5. The van der Waals surface area contributed by atoms with Crippen LogP contribution in [0.15, 0.2) is 60.8 Å². The molecule has 0 fully saturated rings. The summed E-state index contributed by atoms with van der Waals surface area (Å²) >= 11 is 0. The highest BCUT2D eigenvalue weighted by Gasteiger charge is 2.32. The lowest BCUT2D eigenvalue weighted by molar-refractivity contribution is 0.0965. The van der Waals surface area contributed by atoms with Crippen LogP contribution in [0.3, 0.4) is 0 Å². The molecule has 0 N–H and O–H groups in total. The minimum Gasteiger partial charge on any atom is -0.487 e. The van der Waals surface area contributed by atoms with Gasteiger partial charge in [0.2, 0.25) is 0 Å². The summed E-state index contributed by atoms with van der Waals surface area (Å²) in [4.78, 5) is 17.5. The molecule has 132 valence electrons. The SMILES string of the molecule is O=C1c2c(nc3ccccc3c2OCc2cc(F)cc(F)c2)-c2cccn21. The molecule has 0 saturated carbocycles. The fourth-order valence-electron chi connectivity index (χ4n) is 3.44. The summed E-state index contributed by atoms with van der Waals surface area (Å²) < 4.78 is 34.4. The predicted octanol–water partition coefficient (Wildman–Crippen LogP) is 4.56. The Morgan fingerprint density at radius 2 is 1.78 bits per heavy atom. The molecule has 6 heteroatoms. The Kier molecular flexibility index (Phi) is 3.33. The molecule has 27 heavy (non-hydrogen) atoms. The Morgan fingerprint density at radius 1 is 1.00 bits per heavy atom. The van der Waals surface area contributed by atoms with Crippen molar-refractivity contribution >= 4 is 16.8 Å². The third kappa shape index (κ3) is 2.41. The maximum atomic E-state index is 13.5. The number of fused-ring (bicyclic) bond motifs is 4. The molecule has 2 aromatic carbocycles. The summed E-state index contributed by atoms with van der Waals surface area (Å²) in [6, 6.07) is 14.1. The number of para-hydroxylation sites is 1. The van der Waals surface area contributed by atoms with Crippen LogP contribution in [-0.2, 0) is 6.61 Å². The van der Waals surface area contributed by atoms with Gasteiger partial charge in [0.25, 0.3) is 5.91 Å². The van der Waals surface area contributed by atoms with Crippen molar-refractivity contribution in [3.63, 3.8) is 0 Å². The van der Waals surface area contributed by atoms with E-state index in [2.05, 4.69) is 4.98 Å². The van der Waals surface area contributed by atoms with Crippen molar-refractivity contribution in [2.75, 3.05) is 0 Å². The molecule has 1 aliphatic rings. The summed E-state index contributed by atoms with van der Waals surface area (Å²) in [7, 11) is 0. The lowest BCUT2D eigenvalue weighted by Gasteiger charge is -2.13. The number of ether oxygens (including phenoxy) is 1. The van der Waals surface area contributed by atoms with Crippen LogP contribution in [0, 0.1) is 11.6 Å². The van der Waals surface area contributed by atoms with E-state index in [1.807, 2.05) is 30.3 Å². The van der Waals surface area contributed by atoms with Crippen molar-refractivity contribution in [1.29, 1.82) is 0 Å². The molecule has 0 amide bonds. The number of aromatic nitrogens is 2. The minimum atomic E-state index is -0.676. The van der Waals surface area contributed by atoms with Gasteiger partial charge in [-0.1, -0.05) is 12.1 Å². The van der Waals surface area contributed by atoms with Gasteiger partial charge in [0.1, 0.15) is 35.2 Å². The molecule has 2 aromatic heterocycles. The molecule has 4 nitrogen and oxygen atoms in total. The number of nitrogens with zero attached hydrogens (tertiary/aromatic N) is 2. The third-order valence-corrected chi connectivity index (χ3v) is 4.57. The van der Waals surface area contributed by atoms with E-state index in [1.165, 1.54) is 16.7 Å². The maximum Gasteiger partial charge on any atom is 0.268 e. The zero-order valence-electron chi connectivity index (χ0n) is 13.9. The lowest BCUT2D eigenvalue weighted by Crippen LogP contribution is -2.08. The number of halogens is 2. The van der Waals surface area contributed by atoms with Crippen molar-refractivity contribution in [2.24, 2.45) is 0 Å². The number of benzene rings is 2. The molecule has 0 unspecified atom stereocenters. The standard InChI is InChI=1S/C21H12F2N2O2/c22-13-8-12(9-14(23)10-13)11-27-20-15-4-1-2-5-16(15)24-19-17-6-3-7-25(17)21(26)18(19)20/h1-10H,11H2. The second-order valence-electron chi connectivity index (χ2n) is 6.32. The molecule has 0 saturated heterocycles. The highest BCUT2D eigenvalue weighted by molar-refractivity contribution is 6.13. The predicted molar refractivity (Wildman–Crippen MR) is 95.6 cm³/mol. The number of pyridine rings is 1. The molecule has 0 aliphatic carbocycles. The summed E-state index contributed by atoms with van der Waals surface area (Å²) in [6.45, 7) is -0.0721. The van der Waals surface area contributed by atoms with E-state index < -0.39 is 11.6 Å². The van der Waals surface area contributed by atoms with Gasteiger partial charge < -0.3 is 4.74 Å². The van der Waals surface area contributed by atoms with Gasteiger partial charge in [-0.2, -0.15) is 0 Å². The monoisotopic (exact) mass is 362 g/mol. The number of hydrogen-bond donors (Lipinski definition) is 0. The maximum absolute atomic E-state index is 13.5. The fraction of sp³-hybridized carbons (Fsp3) is 0.0476. The molecule has 1 aliphatic heterocycles. The van der Waals surface area contributed by atoms with Crippen LogP contribution in [0.4, 0.5) is 8.78 Å². The third-order valence-electron chi connectivity index (χ3n) is 4.57. The molecule has 0 radical (unpaired) electrons. The Hall–Kier alpha value is -3.54. The van der Waals surface area contributed by atoms with Crippen molar-refractivity contribution in [3.8, 4) is 17.1 Å². The number of carbonyl (C=O) groups is 1. The van der Waals surface area contributed by atoms with Gasteiger partial charge >= 0.3 is 0 Å². The summed E-state index contributed by atoms with van der Waals surface area (Å²) in [5.41, 5.74) is 2.62. The first kappa shape index (κ1) is 15.7. The van der Waals surface area contributed by atoms with Crippen LogP contribution in [0.1, 0.15) is 15.9 Å². The van der Waals surface area contributed by atoms with Gasteiger partial charge in [-0.15, -0.1) is 0 Å². The van der Waals surface area contributed by atoms with E-state index in [4.69, 9.17) is 4.74 Å². The second kappa shape index (κ2) is 5.74. The molecule has 4 aromatic rings. The average Bonchev–Trinajstić information content (AvgIpc) is 3.22. The van der Waals surface area contributed by atoms with Crippen LogP contribution in [-0.4, -0.2) is 15.5 Å². The van der Waals surface area contributed by atoms with Crippen LogP contribution < -0.4 is 4.74 Å². The first-order valence-electron chi connectivity index (χ1n) is 8.35. The number of carbonyl (C=O) groups excluding carboxylic acids is 1. The summed E-state index contributed by atoms with van der Waals surface area (Å²) in [6.07, 6.45) is 1.68. The Labute approximate surface area is 152 Å². The largest absolute Gasteiger partial charge is 0.487 e. The minimum absolute atomic E-state index is 0.0721. The summed E-state index contributed by atoms with van der Waals surface area (Å²) in [5.74, 6) is -1.21. The van der Waals surface area contributed by atoms with Gasteiger partial charge in [0.15, 0.2) is 0 Å². The van der Waals surface area contributed by atoms with E-state index in [1.54, 1.807) is 12.3 Å². The second-order valence-corrected chi connectivity index (χ2v) is 6.32. The molecule has 3 heterocycles. The first-order chi connectivity index (χ1) is 13.1. The van der Waals surface area contributed by atoms with Gasteiger partial charge in [-0.05, 0) is 42.0 Å². The molecule has 0 atom stereocenters. The lowest BCUT2D eigenvalue weighted by atomic mass is 10.1. The molecule has 5 rings (SSSR count). The van der Waals surface area contributed by atoms with Crippen molar-refractivity contribution in [2.45, 2.75) is 6.61 Å². The highest BCUT2D eigenvalue weighted by Crippen LogP contribution is 2.40. The Bertz CT molecular complexity index is 1210. The topological polar surface area (TPSA) is 44.1 Å². The quantitative estimate of drug-likeness (QED) is 0.472.